The summed E-state index contributed by atoms with van der Waals surface area (Å²) in [5.74, 6) is 0.197. The summed E-state index contributed by atoms with van der Waals surface area (Å²) in [5, 5.41) is 0. The maximum absolute atomic E-state index is 11.8. The molecule has 2 aromatic carbocycles. The van der Waals surface area contributed by atoms with Crippen LogP contribution in [-0.2, 0) is 4.74 Å². The molecule has 0 saturated heterocycles. The lowest BCUT2D eigenvalue weighted by Gasteiger charge is -2.12. The van der Waals surface area contributed by atoms with Gasteiger partial charge in [0.2, 0.25) is 0 Å². The minimum atomic E-state index is -0.387. The van der Waals surface area contributed by atoms with E-state index in [1.54, 1.807) is 50.4 Å². The van der Waals surface area contributed by atoms with E-state index in [-0.39, 0.29) is 5.97 Å². The number of hydrogen-bond acceptors (Lipinski definition) is 4. The number of benzene rings is 2. The number of rotatable bonds is 5. The number of aldehydes is 1. The Bertz CT molecular complexity index is 662. The van der Waals surface area contributed by atoms with E-state index in [2.05, 4.69) is 0 Å². The fraction of sp³-hybridized carbons (Fsp3) is 0.176. The molecule has 0 radical (unpaired) electrons. The minimum Gasteiger partial charge on any atom is -0.496 e. The van der Waals surface area contributed by atoms with Gasteiger partial charge in [-0.25, -0.2) is 4.79 Å². The van der Waals surface area contributed by atoms with Crippen molar-refractivity contribution >= 4 is 12.3 Å². The summed E-state index contributed by atoms with van der Waals surface area (Å²) in [5.41, 5.74) is 2.36. The van der Waals surface area contributed by atoms with Gasteiger partial charge in [-0.05, 0) is 30.7 Å². The first kappa shape index (κ1) is 14.8. The second kappa shape index (κ2) is 6.70. The van der Waals surface area contributed by atoms with Crippen LogP contribution in [0, 0.1) is 0 Å². The molecule has 2 rings (SSSR count). The average molecular weight is 284 g/mol. The molecule has 0 aliphatic carbocycles. The van der Waals surface area contributed by atoms with Gasteiger partial charge in [0, 0.05) is 11.1 Å². The lowest BCUT2D eigenvalue weighted by molar-refractivity contribution is 0.0526. The molecule has 0 atom stereocenters. The lowest BCUT2D eigenvalue weighted by Crippen LogP contribution is -2.04. The van der Waals surface area contributed by atoms with E-state index >= 15 is 0 Å². The summed E-state index contributed by atoms with van der Waals surface area (Å²) in [6, 6.07) is 12.2. The molecule has 108 valence electrons. The molecular weight excluding hydrogens is 268 g/mol. The van der Waals surface area contributed by atoms with Crippen molar-refractivity contribution in [2.75, 3.05) is 13.7 Å². The van der Waals surface area contributed by atoms with E-state index in [1.165, 1.54) is 0 Å². The number of ether oxygens (including phenoxy) is 2. The van der Waals surface area contributed by atoms with Crippen molar-refractivity contribution in [1.82, 2.24) is 0 Å². The Morgan fingerprint density at radius 3 is 2.62 bits per heavy atom. The maximum Gasteiger partial charge on any atom is 0.338 e. The maximum atomic E-state index is 11.8. The third-order valence-electron chi connectivity index (χ3n) is 3.07. The SMILES string of the molecule is CCOC(=O)c1cccc(-c2c(C=O)cccc2OC)c1. The summed E-state index contributed by atoms with van der Waals surface area (Å²) >= 11 is 0. The summed E-state index contributed by atoms with van der Waals surface area (Å²) in [6.45, 7) is 2.07. The van der Waals surface area contributed by atoms with Crippen molar-refractivity contribution in [3.05, 3.63) is 53.6 Å². The van der Waals surface area contributed by atoms with Crippen molar-refractivity contribution in [1.29, 1.82) is 0 Å². The fourth-order valence-electron chi connectivity index (χ4n) is 2.14. The van der Waals surface area contributed by atoms with Crippen molar-refractivity contribution in [3.63, 3.8) is 0 Å². The van der Waals surface area contributed by atoms with Crippen LogP contribution in [0.2, 0.25) is 0 Å². The third kappa shape index (κ3) is 3.11. The van der Waals surface area contributed by atoms with Crippen molar-refractivity contribution in [2.45, 2.75) is 6.92 Å². The predicted molar refractivity (Wildman–Crippen MR) is 79.8 cm³/mol. The molecule has 0 fully saturated rings. The van der Waals surface area contributed by atoms with Gasteiger partial charge >= 0.3 is 5.97 Å². The largest absolute Gasteiger partial charge is 0.496 e. The van der Waals surface area contributed by atoms with Gasteiger partial charge in [-0.2, -0.15) is 0 Å². The highest BCUT2D eigenvalue weighted by molar-refractivity contribution is 5.94. The Labute approximate surface area is 123 Å². The van der Waals surface area contributed by atoms with Crippen molar-refractivity contribution < 1.29 is 19.1 Å². The van der Waals surface area contributed by atoms with Crippen LogP contribution in [0.5, 0.6) is 5.75 Å². The molecule has 2 aromatic rings. The van der Waals surface area contributed by atoms with Crippen molar-refractivity contribution in [2.24, 2.45) is 0 Å². The molecule has 0 spiro atoms. The summed E-state index contributed by atoms with van der Waals surface area (Å²) in [7, 11) is 1.54. The first-order valence-corrected chi connectivity index (χ1v) is 6.61. The van der Waals surface area contributed by atoms with Crippen LogP contribution in [-0.4, -0.2) is 26.0 Å². The van der Waals surface area contributed by atoms with Crippen LogP contribution in [0.25, 0.3) is 11.1 Å². The molecule has 0 aliphatic rings. The molecule has 0 unspecified atom stereocenters. The van der Waals surface area contributed by atoms with Crippen LogP contribution in [0.15, 0.2) is 42.5 Å². The first-order valence-electron chi connectivity index (χ1n) is 6.61. The smallest absolute Gasteiger partial charge is 0.338 e. The van der Waals surface area contributed by atoms with Gasteiger partial charge in [0.05, 0.1) is 19.3 Å². The molecule has 0 bridgehead atoms. The van der Waals surface area contributed by atoms with Crippen LogP contribution in [0.4, 0.5) is 0 Å². The third-order valence-corrected chi connectivity index (χ3v) is 3.07. The zero-order valence-electron chi connectivity index (χ0n) is 12.0. The second-order valence-electron chi connectivity index (χ2n) is 4.34. The van der Waals surface area contributed by atoms with E-state index in [4.69, 9.17) is 9.47 Å². The summed E-state index contributed by atoms with van der Waals surface area (Å²) in [6.07, 6.45) is 0.773. The average Bonchev–Trinajstić information content (AvgIpc) is 2.54. The summed E-state index contributed by atoms with van der Waals surface area (Å²) < 4.78 is 10.3. The van der Waals surface area contributed by atoms with Crippen LogP contribution in [0.1, 0.15) is 27.6 Å². The molecule has 0 heterocycles. The first-order chi connectivity index (χ1) is 10.2. The van der Waals surface area contributed by atoms with Gasteiger partial charge in [-0.1, -0.05) is 24.3 Å². The van der Waals surface area contributed by atoms with E-state index in [9.17, 15) is 9.59 Å². The monoisotopic (exact) mass is 284 g/mol. The Hall–Kier alpha value is -2.62. The molecule has 0 aliphatic heterocycles. The van der Waals surface area contributed by atoms with Gasteiger partial charge in [-0.15, -0.1) is 0 Å². The van der Waals surface area contributed by atoms with E-state index in [1.807, 2.05) is 6.07 Å². The van der Waals surface area contributed by atoms with Crippen LogP contribution < -0.4 is 4.74 Å². The zero-order valence-corrected chi connectivity index (χ0v) is 12.0. The second-order valence-corrected chi connectivity index (χ2v) is 4.34. The Balaban J connectivity index is 2.54. The topological polar surface area (TPSA) is 52.6 Å². The van der Waals surface area contributed by atoms with E-state index in [0.717, 1.165) is 11.8 Å². The van der Waals surface area contributed by atoms with E-state index in [0.29, 0.717) is 29.0 Å². The Morgan fingerprint density at radius 1 is 1.19 bits per heavy atom. The minimum absolute atomic E-state index is 0.317. The van der Waals surface area contributed by atoms with Crippen LogP contribution in [0.3, 0.4) is 0 Å². The van der Waals surface area contributed by atoms with Crippen molar-refractivity contribution in [3.8, 4) is 16.9 Å². The number of carbonyl (C=O) groups excluding carboxylic acids is 2. The van der Waals surface area contributed by atoms with Gasteiger partial charge < -0.3 is 9.47 Å². The Morgan fingerprint density at radius 2 is 1.95 bits per heavy atom. The highest BCUT2D eigenvalue weighted by atomic mass is 16.5. The summed E-state index contributed by atoms with van der Waals surface area (Å²) in [4.78, 5) is 23.1. The molecule has 21 heavy (non-hydrogen) atoms. The quantitative estimate of drug-likeness (QED) is 0.624. The molecule has 0 saturated carbocycles. The van der Waals surface area contributed by atoms with E-state index < -0.39 is 0 Å². The number of hydrogen-bond donors (Lipinski definition) is 0. The highest BCUT2D eigenvalue weighted by Gasteiger charge is 2.13. The van der Waals surface area contributed by atoms with Gasteiger partial charge in [0.25, 0.3) is 0 Å². The number of esters is 1. The molecule has 0 amide bonds. The molecule has 0 aromatic heterocycles. The molecule has 4 heteroatoms. The number of methoxy groups -OCH3 is 1. The van der Waals surface area contributed by atoms with Gasteiger partial charge in [0.1, 0.15) is 5.75 Å². The molecular formula is C17H16O4. The predicted octanol–water partition coefficient (Wildman–Crippen LogP) is 3.35. The van der Waals surface area contributed by atoms with Crippen LogP contribution >= 0.6 is 0 Å². The Kier molecular flexibility index (Phi) is 4.72. The van der Waals surface area contributed by atoms with Gasteiger partial charge in [-0.3, -0.25) is 4.79 Å². The number of carbonyl (C=O) groups is 2. The normalized spacial score (nSPS) is 10.0. The fourth-order valence-corrected chi connectivity index (χ4v) is 2.14. The zero-order chi connectivity index (χ0) is 15.2. The molecule has 4 nitrogen and oxygen atoms in total. The lowest BCUT2D eigenvalue weighted by atomic mass is 9.97. The van der Waals surface area contributed by atoms with Gasteiger partial charge in [0.15, 0.2) is 6.29 Å². The molecule has 0 N–H and O–H groups in total. The standard InChI is InChI=1S/C17H16O4/c1-3-21-17(19)13-7-4-6-12(10-13)16-14(11-18)8-5-9-15(16)20-2/h4-11H,3H2,1-2H3. The highest BCUT2D eigenvalue weighted by Crippen LogP contribution is 2.33.